The van der Waals surface area contributed by atoms with Crippen molar-refractivity contribution in [2.75, 3.05) is 26.2 Å². The summed E-state index contributed by atoms with van der Waals surface area (Å²) in [5, 5.41) is 3.47. The molecular weight excluding hydrogens is 241 g/mol. The van der Waals surface area contributed by atoms with Gasteiger partial charge in [-0.15, -0.1) is 0 Å². The Kier molecular flexibility index (Phi) is 6.43. The fourth-order valence-electron chi connectivity index (χ4n) is 2.74. The number of rotatable bonds is 7. The standard InChI is InChI=1S/C13H25F3N2/c1-3-8-17-12-7-5-6-11(12)9-18(4-2)10-13(14,15)16/h11-12,17H,3-10H2,1-2H3. The Hall–Kier alpha value is -0.290. The first-order chi connectivity index (χ1) is 8.46. The molecule has 2 nitrogen and oxygen atoms in total. The minimum absolute atomic E-state index is 0.374. The van der Waals surface area contributed by atoms with Gasteiger partial charge in [-0.05, 0) is 38.3 Å². The van der Waals surface area contributed by atoms with Gasteiger partial charge in [-0.25, -0.2) is 0 Å². The zero-order valence-corrected chi connectivity index (χ0v) is 11.4. The predicted molar refractivity (Wildman–Crippen MR) is 67.6 cm³/mol. The molecule has 0 radical (unpaired) electrons. The van der Waals surface area contributed by atoms with Gasteiger partial charge in [-0.1, -0.05) is 20.3 Å². The lowest BCUT2D eigenvalue weighted by Crippen LogP contribution is -2.42. The summed E-state index contributed by atoms with van der Waals surface area (Å²) in [6, 6.07) is 0.409. The average molecular weight is 266 g/mol. The molecule has 0 aromatic heterocycles. The molecule has 1 fully saturated rings. The van der Waals surface area contributed by atoms with Crippen molar-refractivity contribution < 1.29 is 13.2 Å². The summed E-state index contributed by atoms with van der Waals surface area (Å²) >= 11 is 0. The van der Waals surface area contributed by atoms with E-state index < -0.39 is 12.7 Å². The first-order valence-corrected chi connectivity index (χ1v) is 6.98. The van der Waals surface area contributed by atoms with Crippen LogP contribution >= 0.6 is 0 Å². The second-order valence-corrected chi connectivity index (χ2v) is 5.19. The highest BCUT2D eigenvalue weighted by atomic mass is 19.4. The van der Waals surface area contributed by atoms with E-state index in [1.165, 1.54) is 4.90 Å². The number of halogens is 3. The molecule has 0 saturated heterocycles. The molecule has 0 aliphatic heterocycles. The van der Waals surface area contributed by atoms with E-state index in [0.29, 0.717) is 25.0 Å². The summed E-state index contributed by atoms with van der Waals surface area (Å²) in [6.07, 6.45) is 0.282. The Morgan fingerprint density at radius 1 is 1.22 bits per heavy atom. The maximum atomic E-state index is 12.4. The maximum Gasteiger partial charge on any atom is 0.401 e. The van der Waals surface area contributed by atoms with E-state index in [9.17, 15) is 13.2 Å². The van der Waals surface area contributed by atoms with Crippen LogP contribution in [0.4, 0.5) is 13.2 Å². The molecule has 1 N–H and O–H groups in total. The third-order valence-electron chi connectivity index (χ3n) is 3.66. The fourth-order valence-corrected chi connectivity index (χ4v) is 2.74. The predicted octanol–water partition coefficient (Wildman–Crippen LogP) is 3.04. The first kappa shape index (κ1) is 15.8. The van der Waals surface area contributed by atoms with E-state index in [4.69, 9.17) is 0 Å². The Morgan fingerprint density at radius 2 is 1.94 bits per heavy atom. The van der Waals surface area contributed by atoms with Gasteiger partial charge >= 0.3 is 6.18 Å². The highest BCUT2D eigenvalue weighted by Crippen LogP contribution is 2.27. The number of alkyl halides is 3. The quantitative estimate of drug-likeness (QED) is 0.762. The molecule has 18 heavy (non-hydrogen) atoms. The van der Waals surface area contributed by atoms with Crippen LogP contribution < -0.4 is 5.32 Å². The second-order valence-electron chi connectivity index (χ2n) is 5.19. The van der Waals surface area contributed by atoms with Crippen molar-refractivity contribution in [3.05, 3.63) is 0 Å². The van der Waals surface area contributed by atoms with Crippen molar-refractivity contribution in [1.29, 1.82) is 0 Å². The monoisotopic (exact) mass is 266 g/mol. The summed E-state index contributed by atoms with van der Waals surface area (Å²) in [5.74, 6) is 0.374. The van der Waals surface area contributed by atoms with Gasteiger partial charge in [0.1, 0.15) is 0 Å². The lowest BCUT2D eigenvalue weighted by molar-refractivity contribution is -0.146. The molecule has 0 aromatic rings. The van der Waals surface area contributed by atoms with E-state index in [-0.39, 0.29) is 0 Å². The van der Waals surface area contributed by atoms with Gasteiger partial charge in [0.05, 0.1) is 6.54 Å². The highest BCUT2D eigenvalue weighted by Gasteiger charge is 2.33. The lowest BCUT2D eigenvalue weighted by Gasteiger charge is -2.28. The van der Waals surface area contributed by atoms with Crippen LogP contribution in [0.1, 0.15) is 39.5 Å². The average Bonchev–Trinajstić information content (AvgIpc) is 2.71. The van der Waals surface area contributed by atoms with Crippen LogP contribution in [0.3, 0.4) is 0 Å². The van der Waals surface area contributed by atoms with Gasteiger partial charge in [-0.3, -0.25) is 4.90 Å². The van der Waals surface area contributed by atoms with Crippen LogP contribution in [0.25, 0.3) is 0 Å². The van der Waals surface area contributed by atoms with Crippen LogP contribution in [0.2, 0.25) is 0 Å². The lowest BCUT2D eigenvalue weighted by atomic mass is 10.0. The number of hydrogen-bond acceptors (Lipinski definition) is 2. The molecule has 1 saturated carbocycles. The second kappa shape index (κ2) is 7.34. The number of nitrogens with zero attached hydrogens (tertiary/aromatic N) is 1. The molecule has 0 bridgehead atoms. The largest absolute Gasteiger partial charge is 0.401 e. The smallest absolute Gasteiger partial charge is 0.314 e. The van der Waals surface area contributed by atoms with Crippen molar-refractivity contribution in [2.45, 2.75) is 51.7 Å². The molecule has 2 atom stereocenters. The SMILES string of the molecule is CCCNC1CCCC1CN(CC)CC(F)(F)F. The summed E-state index contributed by atoms with van der Waals surface area (Å²) in [4.78, 5) is 1.52. The molecule has 5 heteroatoms. The van der Waals surface area contributed by atoms with Gasteiger partial charge in [0.15, 0.2) is 0 Å². The molecule has 1 aliphatic carbocycles. The Bertz CT molecular complexity index is 231. The van der Waals surface area contributed by atoms with Crippen molar-refractivity contribution in [2.24, 2.45) is 5.92 Å². The van der Waals surface area contributed by atoms with Gasteiger partial charge in [0.2, 0.25) is 0 Å². The fraction of sp³-hybridized carbons (Fsp3) is 1.00. The van der Waals surface area contributed by atoms with Gasteiger partial charge in [-0.2, -0.15) is 13.2 Å². The third kappa shape index (κ3) is 5.57. The van der Waals surface area contributed by atoms with Crippen LogP contribution in [-0.4, -0.2) is 43.3 Å². The van der Waals surface area contributed by atoms with Gasteiger partial charge < -0.3 is 5.32 Å². The summed E-state index contributed by atoms with van der Waals surface area (Å²) in [7, 11) is 0. The third-order valence-corrected chi connectivity index (χ3v) is 3.66. The van der Waals surface area contributed by atoms with Crippen molar-refractivity contribution >= 4 is 0 Å². The van der Waals surface area contributed by atoms with E-state index in [2.05, 4.69) is 12.2 Å². The topological polar surface area (TPSA) is 15.3 Å². The van der Waals surface area contributed by atoms with Crippen molar-refractivity contribution in [3.63, 3.8) is 0 Å². The molecule has 2 unspecified atom stereocenters. The minimum Gasteiger partial charge on any atom is -0.314 e. The summed E-state index contributed by atoms with van der Waals surface area (Å²) in [6.45, 7) is 5.13. The molecule has 0 amide bonds. The molecule has 108 valence electrons. The van der Waals surface area contributed by atoms with E-state index >= 15 is 0 Å². The molecule has 1 aliphatic rings. The Balaban J connectivity index is 2.42. The van der Waals surface area contributed by atoms with Crippen molar-refractivity contribution in [1.82, 2.24) is 10.2 Å². The molecule has 1 rings (SSSR count). The van der Waals surface area contributed by atoms with Crippen LogP contribution in [0.15, 0.2) is 0 Å². The van der Waals surface area contributed by atoms with E-state index in [0.717, 1.165) is 32.2 Å². The zero-order chi connectivity index (χ0) is 13.6. The number of nitrogens with one attached hydrogen (secondary N) is 1. The first-order valence-electron chi connectivity index (χ1n) is 6.98. The van der Waals surface area contributed by atoms with E-state index in [1.54, 1.807) is 6.92 Å². The Morgan fingerprint density at radius 3 is 2.50 bits per heavy atom. The van der Waals surface area contributed by atoms with Crippen LogP contribution in [0, 0.1) is 5.92 Å². The van der Waals surface area contributed by atoms with Crippen LogP contribution in [-0.2, 0) is 0 Å². The highest BCUT2D eigenvalue weighted by molar-refractivity contribution is 4.85. The maximum absolute atomic E-state index is 12.4. The van der Waals surface area contributed by atoms with Crippen molar-refractivity contribution in [3.8, 4) is 0 Å². The zero-order valence-electron chi connectivity index (χ0n) is 11.4. The minimum atomic E-state index is -4.08. The molecular formula is C13H25F3N2. The summed E-state index contributed by atoms with van der Waals surface area (Å²) < 4.78 is 37.2. The van der Waals surface area contributed by atoms with Gasteiger partial charge in [0.25, 0.3) is 0 Å². The normalized spacial score (nSPS) is 25.0. The molecule has 0 aromatic carbocycles. The van der Waals surface area contributed by atoms with Gasteiger partial charge in [0, 0.05) is 12.6 Å². The van der Waals surface area contributed by atoms with E-state index in [1.807, 2.05) is 0 Å². The Labute approximate surface area is 108 Å². The summed E-state index contributed by atoms with van der Waals surface area (Å²) in [5.41, 5.74) is 0. The molecule has 0 spiro atoms. The number of hydrogen-bond donors (Lipinski definition) is 1. The van der Waals surface area contributed by atoms with Crippen LogP contribution in [0.5, 0.6) is 0 Å². The molecule has 0 heterocycles.